The van der Waals surface area contributed by atoms with Crippen molar-refractivity contribution in [1.29, 1.82) is 0 Å². The summed E-state index contributed by atoms with van der Waals surface area (Å²) in [4.78, 5) is 20.2. The molecule has 7 nitrogen and oxygen atoms in total. The molecule has 28 heavy (non-hydrogen) atoms. The molecule has 3 aromatic rings. The summed E-state index contributed by atoms with van der Waals surface area (Å²) in [6.07, 6.45) is 6.04. The Morgan fingerprint density at radius 3 is 2.71 bits per heavy atom. The fourth-order valence-electron chi connectivity index (χ4n) is 4.16. The van der Waals surface area contributed by atoms with Gasteiger partial charge in [-0.3, -0.25) is 9.78 Å². The third-order valence-electron chi connectivity index (χ3n) is 5.77. The van der Waals surface area contributed by atoms with Crippen molar-refractivity contribution in [2.24, 2.45) is 0 Å². The van der Waals surface area contributed by atoms with Crippen LogP contribution < -0.4 is 5.56 Å². The smallest absolute Gasteiger partial charge is 0.325 e. The van der Waals surface area contributed by atoms with Gasteiger partial charge in [-0.25, -0.2) is 4.68 Å². The summed E-state index contributed by atoms with van der Waals surface area (Å²) in [5.74, 6) is 0. The van der Waals surface area contributed by atoms with Crippen LogP contribution in [0.25, 0.3) is 11.0 Å². The number of aromatic nitrogens is 4. The van der Waals surface area contributed by atoms with Gasteiger partial charge in [-0.05, 0) is 37.7 Å². The Morgan fingerprint density at radius 1 is 1.29 bits per heavy atom. The molecule has 3 heterocycles. The molecule has 146 valence electrons. The molecule has 1 saturated carbocycles. The Morgan fingerprint density at radius 2 is 2.07 bits per heavy atom. The SMILES string of the molecule is C[S+]([O-])c1nc2c(c(C3(c4ccccc4)CC3)nn2C2CCCCO2)c(=O)[nH]1. The van der Waals surface area contributed by atoms with Gasteiger partial charge in [0.1, 0.15) is 11.6 Å². The van der Waals surface area contributed by atoms with E-state index < -0.39 is 11.2 Å². The number of rotatable bonds is 4. The van der Waals surface area contributed by atoms with Gasteiger partial charge in [-0.1, -0.05) is 30.3 Å². The average molecular weight is 398 g/mol. The first-order chi connectivity index (χ1) is 13.6. The van der Waals surface area contributed by atoms with Crippen molar-refractivity contribution in [2.75, 3.05) is 12.9 Å². The first-order valence-corrected chi connectivity index (χ1v) is 11.2. The monoisotopic (exact) mass is 398 g/mol. The number of aromatic amines is 1. The van der Waals surface area contributed by atoms with Crippen LogP contribution in [0.15, 0.2) is 40.3 Å². The summed E-state index contributed by atoms with van der Waals surface area (Å²) in [6, 6.07) is 10.2. The lowest BCUT2D eigenvalue weighted by Crippen LogP contribution is -2.21. The zero-order valence-electron chi connectivity index (χ0n) is 15.7. The summed E-state index contributed by atoms with van der Waals surface area (Å²) in [6.45, 7) is 0.668. The zero-order valence-corrected chi connectivity index (χ0v) is 16.5. The van der Waals surface area contributed by atoms with Gasteiger partial charge in [0.15, 0.2) is 11.9 Å². The highest BCUT2D eigenvalue weighted by molar-refractivity contribution is 7.90. The molecule has 2 aliphatic rings. The topological polar surface area (TPSA) is 95.9 Å². The second kappa shape index (κ2) is 6.72. The molecule has 0 spiro atoms. The number of nitrogens with one attached hydrogen (secondary N) is 1. The van der Waals surface area contributed by atoms with Crippen LogP contribution in [0, 0.1) is 0 Å². The summed E-state index contributed by atoms with van der Waals surface area (Å²) in [5, 5.41) is 5.56. The van der Waals surface area contributed by atoms with Crippen LogP contribution in [0.5, 0.6) is 0 Å². The number of fused-ring (bicyclic) bond motifs is 1. The van der Waals surface area contributed by atoms with Gasteiger partial charge in [0.2, 0.25) is 0 Å². The Balaban J connectivity index is 1.75. The van der Waals surface area contributed by atoms with E-state index >= 15 is 0 Å². The average Bonchev–Trinajstić information content (AvgIpc) is 3.44. The molecule has 8 heteroatoms. The molecule has 2 atom stereocenters. The van der Waals surface area contributed by atoms with Crippen molar-refractivity contribution in [3.05, 3.63) is 51.9 Å². The van der Waals surface area contributed by atoms with Crippen molar-refractivity contribution in [2.45, 2.75) is 48.9 Å². The first-order valence-electron chi connectivity index (χ1n) is 9.64. The van der Waals surface area contributed by atoms with Gasteiger partial charge in [-0.15, -0.1) is 0 Å². The van der Waals surface area contributed by atoms with Crippen LogP contribution in [-0.4, -0.2) is 37.2 Å². The lowest BCUT2D eigenvalue weighted by Gasteiger charge is -2.23. The van der Waals surface area contributed by atoms with Crippen LogP contribution in [0.4, 0.5) is 0 Å². The maximum absolute atomic E-state index is 13.0. The predicted molar refractivity (Wildman–Crippen MR) is 106 cm³/mol. The Bertz CT molecular complexity index is 1070. The van der Waals surface area contributed by atoms with Crippen LogP contribution >= 0.6 is 0 Å². The number of H-pyrrole nitrogens is 1. The van der Waals surface area contributed by atoms with Gasteiger partial charge in [0.25, 0.3) is 5.56 Å². The summed E-state index contributed by atoms with van der Waals surface area (Å²) in [7, 11) is 0. The molecule has 1 aliphatic carbocycles. The molecule has 2 fully saturated rings. The van der Waals surface area contributed by atoms with Crippen LogP contribution in [-0.2, 0) is 21.3 Å². The molecular formula is C20H22N4O3S. The lowest BCUT2D eigenvalue weighted by molar-refractivity contribution is -0.0373. The molecule has 5 rings (SSSR count). The molecule has 0 radical (unpaired) electrons. The molecule has 1 aliphatic heterocycles. The van der Waals surface area contributed by atoms with E-state index in [2.05, 4.69) is 22.1 Å². The van der Waals surface area contributed by atoms with E-state index in [0.29, 0.717) is 17.6 Å². The quantitative estimate of drug-likeness (QED) is 0.538. The van der Waals surface area contributed by atoms with Crippen LogP contribution in [0.3, 0.4) is 0 Å². The molecule has 2 aromatic heterocycles. The molecular weight excluding hydrogens is 376 g/mol. The third kappa shape index (κ3) is 2.78. The van der Waals surface area contributed by atoms with E-state index in [0.717, 1.165) is 43.4 Å². The molecule has 2 unspecified atom stereocenters. The van der Waals surface area contributed by atoms with E-state index in [-0.39, 0.29) is 22.4 Å². The zero-order chi connectivity index (χ0) is 19.3. The predicted octanol–water partition coefficient (Wildman–Crippen LogP) is 2.64. The van der Waals surface area contributed by atoms with E-state index in [4.69, 9.17) is 9.84 Å². The Hall–Kier alpha value is -2.16. The van der Waals surface area contributed by atoms with E-state index in [9.17, 15) is 9.35 Å². The van der Waals surface area contributed by atoms with Gasteiger partial charge in [0.05, 0.1) is 5.69 Å². The number of benzene rings is 1. The fourth-order valence-corrected chi connectivity index (χ4v) is 4.61. The Kier molecular flexibility index (Phi) is 4.30. The minimum absolute atomic E-state index is 0.172. The first kappa shape index (κ1) is 17.9. The second-order valence-electron chi connectivity index (χ2n) is 7.59. The van der Waals surface area contributed by atoms with Crippen molar-refractivity contribution in [1.82, 2.24) is 19.7 Å². The van der Waals surface area contributed by atoms with Crippen molar-refractivity contribution in [3.8, 4) is 0 Å². The summed E-state index contributed by atoms with van der Waals surface area (Å²) >= 11 is -1.39. The summed E-state index contributed by atoms with van der Waals surface area (Å²) in [5.41, 5.74) is 1.84. The van der Waals surface area contributed by atoms with Gasteiger partial charge in [-0.2, -0.15) is 10.1 Å². The molecule has 0 bridgehead atoms. The molecule has 1 saturated heterocycles. The maximum atomic E-state index is 13.0. The van der Waals surface area contributed by atoms with Gasteiger partial charge < -0.3 is 9.29 Å². The van der Waals surface area contributed by atoms with Crippen LogP contribution in [0.1, 0.15) is 49.6 Å². The minimum atomic E-state index is -1.39. The second-order valence-corrected chi connectivity index (χ2v) is 8.88. The van der Waals surface area contributed by atoms with Crippen molar-refractivity contribution in [3.63, 3.8) is 0 Å². The largest absolute Gasteiger partial charge is 0.609 e. The third-order valence-corrected chi connectivity index (χ3v) is 6.51. The van der Waals surface area contributed by atoms with Gasteiger partial charge in [0, 0.05) is 23.2 Å². The number of hydrogen-bond donors (Lipinski definition) is 1. The van der Waals surface area contributed by atoms with E-state index in [1.165, 1.54) is 6.26 Å². The number of ether oxygens (including phenoxy) is 1. The Labute approximate surface area is 165 Å². The molecule has 1 aromatic carbocycles. The normalized spacial score (nSPS) is 22.3. The van der Waals surface area contributed by atoms with E-state index in [1.54, 1.807) is 4.68 Å². The van der Waals surface area contributed by atoms with E-state index in [1.807, 2.05) is 18.2 Å². The highest BCUT2D eigenvalue weighted by atomic mass is 32.2. The van der Waals surface area contributed by atoms with Gasteiger partial charge >= 0.3 is 5.16 Å². The maximum Gasteiger partial charge on any atom is 0.325 e. The highest BCUT2D eigenvalue weighted by Gasteiger charge is 2.50. The fraction of sp³-hybridized carbons (Fsp3) is 0.450. The van der Waals surface area contributed by atoms with Crippen LogP contribution in [0.2, 0.25) is 0 Å². The summed E-state index contributed by atoms with van der Waals surface area (Å²) < 4.78 is 19.7. The standard InChI is InChI=1S/C20H22N4O3S/c1-28(26)19-21-17-15(18(25)22-19)16(23-24(17)14-9-5-6-12-27-14)20(10-11-20)13-7-3-2-4-8-13/h2-4,7-8,14H,5-6,9-12H2,1H3,(H,21,22,25). The lowest BCUT2D eigenvalue weighted by atomic mass is 9.91. The van der Waals surface area contributed by atoms with Crippen molar-refractivity contribution < 1.29 is 9.29 Å². The number of hydrogen-bond acceptors (Lipinski definition) is 5. The van der Waals surface area contributed by atoms with Crippen molar-refractivity contribution >= 4 is 22.2 Å². The molecule has 0 amide bonds. The minimum Gasteiger partial charge on any atom is -0.609 e. The number of nitrogens with zero attached hydrogens (tertiary/aromatic N) is 3. The molecule has 1 N–H and O–H groups in total. The highest BCUT2D eigenvalue weighted by Crippen LogP contribution is 2.54.